The molecule has 172 valence electrons. The van der Waals surface area contributed by atoms with Crippen LogP contribution < -0.4 is 21.7 Å². The summed E-state index contributed by atoms with van der Waals surface area (Å²) in [5.74, 6) is -2.40. The highest BCUT2D eigenvalue weighted by Gasteiger charge is 2.28. The topological polar surface area (TPSA) is 171 Å². The van der Waals surface area contributed by atoms with Gasteiger partial charge in [-0.1, -0.05) is 12.1 Å². The number of nitrogens with one attached hydrogen (secondary N) is 3. The van der Waals surface area contributed by atoms with Crippen molar-refractivity contribution in [2.45, 2.75) is 50.9 Å². The van der Waals surface area contributed by atoms with E-state index in [1.54, 1.807) is 12.1 Å². The van der Waals surface area contributed by atoms with Gasteiger partial charge in [0.05, 0.1) is 6.04 Å². The van der Waals surface area contributed by atoms with Crippen molar-refractivity contribution < 1.29 is 29.4 Å². The molecule has 0 fully saturated rings. The lowest BCUT2D eigenvalue weighted by Crippen LogP contribution is -2.56. The SMILES string of the molecule is CSCCC(NC(=O)C(Cc1ccc(O)cc1)NC(=O)C(C)NC(=O)C(C)N)C(=O)O. The smallest absolute Gasteiger partial charge is 0.326 e. The van der Waals surface area contributed by atoms with Crippen LogP contribution in [0, 0.1) is 0 Å². The van der Waals surface area contributed by atoms with Crippen molar-refractivity contribution in [2.24, 2.45) is 5.73 Å². The number of aromatic hydroxyl groups is 1. The summed E-state index contributed by atoms with van der Waals surface area (Å²) < 4.78 is 0. The molecule has 0 heterocycles. The minimum atomic E-state index is -1.17. The van der Waals surface area contributed by atoms with Crippen LogP contribution in [0.4, 0.5) is 0 Å². The average Bonchev–Trinajstić information content (AvgIpc) is 2.71. The zero-order valence-electron chi connectivity index (χ0n) is 17.8. The molecule has 7 N–H and O–H groups in total. The molecular weight excluding hydrogens is 424 g/mol. The maximum atomic E-state index is 12.8. The number of thioether (sulfide) groups is 1. The Morgan fingerprint density at radius 3 is 2.06 bits per heavy atom. The highest BCUT2D eigenvalue weighted by Crippen LogP contribution is 2.12. The van der Waals surface area contributed by atoms with Crippen LogP contribution in [-0.2, 0) is 25.6 Å². The average molecular weight is 455 g/mol. The predicted octanol–water partition coefficient (Wildman–Crippen LogP) is -0.406. The first kappa shape index (κ1) is 26.2. The maximum absolute atomic E-state index is 12.8. The number of phenols is 1. The van der Waals surface area contributed by atoms with Gasteiger partial charge in [0.15, 0.2) is 0 Å². The van der Waals surface area contributed by atoms with Gasteiger partial charge in [-0.05, 0) is 50.0 Å². The first-order valence-electron chi connectivity index (χ1n) is 9.71. The number of hydrogen-bond donors (Lipinski definition) is 6. The molecule has 0 aliphatic carbocycles. The number of hydrogen-bond acceptors (Lipinski definition) is 7. The minimum Gasteiger partial charge on any atom is -0.508 e. The minimum absolute atomic E-state index is 0.0454. The number of nitrogens with two attached hydrogens (primary N) is 1. The molecule has 0 radical (unpaired) electrons. The summed E-state index contributed by atoms with van der Waals surface area (Å²) in [6.45, 7) is 2.92. The predicted molar refractivity (Wildman–Crippen MR) is 118 cm³/mol. The van der Waals surface area contributed by atoms with E-state index in [-0.39, 0.29) is 18.6 Å². The van der Waals surface area contributed by atoms with Crippen LogP contribution in [-0.4, -0.2) is 70.1 Å². The third-order valence-corrected chi connectivity index (χ3v) is 5.04. The van der Waals surface area contributed by atoms with Crippen molar-refractivity contribution in [3.8, 4) is 5.75 Å². The molecule has 0 aliphatic rings. The van der Waals surface area contributed by atoms with E-state index < -0.39 is 47.9 Å². The molecule has 10 nitrogen and oxygen atoms in total. The lowest BCUT2D eigenvalue weighted by atomic mass is 10.0. The van der Waals surface area contributed by atoms with E-state index in [2.05, 4.69) is 16.0 Å². The zero-order valence-corrected chi connectivity index (χ0v) is 18.6. The van der Waals surface area contributed by atoms with Crippen molar-refractivity contribution in [1.82, 2.24) is 16.0 Å². The molecule has 3 amide bonds. The third-order valence-electron chi connectivity index (χ3n) is 4.40. The van der Waals surface area contributed by atoms with Crippen LogP contribution in [0.15, 0.2) is 24.3 Å². The van der Waals surface area contributed by atoms with Crippen LogP contribution in [0.5, 0.6) is 5.75 Å². The highest BCUT2D eigenvalue weighted by molar-refractivity contribution is 7.98. The Morgan fingerprint density at radius 1 is 0.968 bits per heavy atom. The summed E-state index contributed by atoms with van der Waals surface area (Å²) in [6.07, 6.45) is 2.11. The second-order valence-electron chi connectivity index (χ2n) is 7.13. The van der Waals surface area contributed by atoms with Gasteiger partial charge in [0, 0.05) is 6.42 Å². The fraction of sp³-hybridized carbons (Fsp3) is 0.500. The van der Waals surface area contributed by atoms with Gasteiger partial charge in [-0.3, -0.25) is 14.4 Å². The van der Waals surface area contributed by atoms with Crippen LogP contribution in [0.3, 0.4) is 0 Å². The van der Waals surface area contributed by atoms with Gasteiger partial charge >= 0.3 is 5.97 Å². The summed E-state index contributed by atoms with van der Waals surface area (Å²) in [5.41, 5.74) is 6.13. The number of carbonyl (C=O) groups is 4. The number of carboxylic acids is 1. The molecule has 1 rings (SSSR count). The van der Waals surface area contributed by atoms with Crippen LogP contribution in [0.1, 0.15) is 25.8 Å². The molecule has 0 saturated heterocycles. The summed E-state index contributed by atoms with van der Waals surface area (Å²) in [4.78, 5) is 48.6. The van der Waals surface area contributed by atoms with Crippen molar-refractivity contribution >= 4 is 35.5 Å². The number of benzene rings is 1. The first-order valence-corrected chi connectivity index (χ1v) is 11.1. The van der Waals surface area contributed by atoms with E-state index >= 15 is 0 Å². The van der Waals surface area contributed by atoms with Gasteiger partial charge in [0.1, 0.15) is 23.9 Å². The second-order valence-corrected chi connectivity index (χ2v) is 8.12. The molecule has 0 spiro atoms. The lowest BCUT2D eigenvalue weighted by molar-refractivity contribution is -0.142. The molecule has 0 aromatic heterocycles. The number of aliphatic carboxylic acids is 1. The number of rotatable bonds is 12. The van der Waals surface area contributed by atoms with Crippen molar-refractivity contribution in [3.05, 3.63) is 29.8 Å². The van der Waals surface area contributed by atoms with Crippen LogP contribution in [0.2, 0.25) is 0 Å². The normalized spacial score (nSPS) is 14.6. The van der Waals surface area contributed by atoms with E-state index in [9.17, 15) is 29.4 Å². The Balaban J connectivity index is 2.97. The number of carboxylic acid groups (broad SMARTS) is 1. The number of carbonyl (C=O) groups excluding carboxylic acids is 3. The second kappa shape index (κ2) is 12.8. The first-order chi connectivity index (χ1) is 14.5. The molecule has 1 aromatic rings. The molecule has 4 unspecified atom stereocenters. The summed E-state index contributed by atoms with van der Waals surface area (Å²) >= 11 is 1.45. The molecule has 0 aliphatic heterocycles. The lowest BCUT2D eigenvalue weighted by Gasteiger charge is -2.23. The van der Waals surface area contributed by atoms with E-state index in [4.69, 9.17) is 5.73 Å². The van der Waals surface area contributed by atoms with Crippen molar-refractivity contribution in [1.29, 1.82) is 0 Å². The van der Waals surface area contributed by atoms with Gasteiger partial charge in [-0.2, -0.15) is 11.8 Å². The number of amides is 3. The Kier molecular flexibility index (Phi) is 10.8. The van der Waals surface area contributed by atoms with Gasteiger partial charge in [-0.15, -0.1) is 0 Å². The Bertz CT molecular complexity index is 771. The van der Waals surface area contributed by atoms with Gasteiger partial charge in [0.2, 0.25) is 17.7 Å². The summed E-state index contributed by atoms with van der Waals surface area (Å²) in [6, 6.07) is 2.10. The van der Waals surface area contributed by atoms with Gasteiger partial charge in [0.25, 0.3) is 0 Å². The summed E-state index contributed by atoms with van der Waals surface area (Å²) in [5, 5.41) is 26.3. The molecule has 0 saturated carbocycles. The molecule has 1 aromatic carbocycles. The van der Waals surface area contributed by atoms with Gasteiger partial charge in [-0.25, -0.2) is 4.79 Å². The fourth-order valence-electron chi connectivity index (χ4n) is 2.55. The van der Waals surface area contributed by atoms with Gasteiger partial charge < -0.3 is 31.9 Å². The molecule has 0 bridgehead atoms. The van der Waals surface area contributed by atoms with Crippen LogP contribution >= 0.6 is 11.8 Å². The molecule has 31 heavy (non-hydrogen) atoms. The Hall–Kier alpha value is -2.79. The van der Waals surface area contributed by atoms with E-state index in [0.29, 0.717) is 11.3 Å². The van der Waals surface area contributed by atoms with E-state index in [1.807, 2.05) is 6.26 Å². The molecule has 4 atom stereocenters. The highest BCUT2D eigenvalue weighted by atomic mass is 32.2. The zero-order chi connectivity index (χ0) is 23.6. The van der Waals surface area contributed by atoms with Crippen molar-refractivity contribution in [3.63, 3.8) is 0 Å². The fourth-order valence-corrected chi connectivity index (χ4v) is 3.02. The Labute approximate surface area is 185 Å². The molecule has 11 heteroatoms. The third kappa shape index (κ3) is 9.26. The monoisotopic (exact) mass is 454 g/mol. The maximum Gasteiger partial charge on any atom is 0.326 e. The number of phenolic OH excluding ortho intramolecular Hbond substituents is 1. The van der Waals surface area contributed by atoms with E-state index in [1.165, 1.54) is 37.7 Å². The summed E-state index contributed by atoms with van der Waals surface area (Å²) in [7, 11) is 0. The van der Waals surface area contributed by atoms with E-state index in [0.717, 1.165) is 0 Å². The largest absolute Gasteiger partial charge is 0.508 e. The quantitative estimate of drug-likeness (QED) is 0.247. The standard InChI is InChI=1S/C20H30N4O6S/c1-11(21)17(26)22-12(2)18(27)24-16(10-13-4-6-14(25)7-5-13)19(28)23-15(20(29)30)8-9-31-3/h4-7,11-12,15-16,25H,8-10,21H2,1-3H3,(H,22,26)(H,23,28)(H,24,27)(H,29,30). The van der Waals surface area contributed by atoms with Crippen LogP contribution in [0.25, 0.3) is 0 Å². The van der Waals surface area contributed by atoms with Crippen molar-refractivity contribution in [2.75, 3.05) is 12.0 Å². The Morgan fingerprint density at radius 2 is 1.55 bits per heavy atom. The molecular formula is C20H30N4O6S.